The number of rotatable bonds is 3. The highest BCUT2D eigenvalue weighted by atomic mass is 35.5. The third kappa shape index (κ3) is 7.98. The fourth-order valence-corrected chi connectivity index (χ4v) is 3.92. The zero-order valence-corrected chi connectivity index (χ0v) is 17.8. The van der Waals surface area contributed by atoms with Crippen LogP contribution in [0.15, 0.2) is 54.6 Å². The van der Waals surface area contributed by atoms with Gasteiger partial charge in [0.15, 0.2) is 0 Å². The second kappa shape index (κ2) is 12.4. The van der Waals surface area contributed by atoms with Gasteiger partial charge in [0.2, 0.25) is 11.2 Å². The van der Waals surface area contributed by atoms with E-state index in [1.54, 1.807) is 0 Å². The van der Waals surface area contributed by atoms with Crippen LogP contribution in [0.25, 0.3) is 0 Å². The van der Waals surface area contributed by atoms with Crippen molar-refractivity contribution < 1.29 is 0 Å². The van der Waals surface area contributed by atoms with Gasteiger partial charge in [-0.15, -0.1) is 0 Å². The van der Waals surface area contributed by atoms with E-state index in [4.69, 9.17) is 16.6 Å². The van der Waals surface area contributed by atoms with Crippen molar-refractivity contribution in [2.75, 3.05) is 5.32 Å². The topological polar surface area (TPSA) is 50.7 Å². The zero-order chi connectivity index (χ0) is 20.2. The minimum absolute atomic E-state index is 0.259. The summed E-state index contributed by atoms with van der Waals surface area (Å²) in [5, 5.41) is 3.55. The molecule has 0 atom stereocenters. The molecular weight excluding hydrogens is 380 g/mol. The van der Waals surface area contributed by atoms with Crippen LogP contribution in [0.4, 0.5) is 11.6 Å². The highest BCUT2D eigenvalue weighted by molar-refractivity contribution is 6.28. The van der Waals surface area contributed by atoms with E-state index in [1.165, 1.54) is 51.4 Å². The number of hydrogen-bond donors (Lipinski definition) is 1. The molecule has 29 heavy (non-hydrogen) atoms. The zero-order valence-electron chi connectivity index (χ0n) is 17.1. The molecule has 1 aromatic heterocycles. The molecule has 1 saturated carbocycles. The highest BCUT2D eigenvalue weighted by Gasteiger charge is 2.17. The summed E-state index contributed by atoms with van der Waals surface area (Å²) in [6, 6.07) is 17.9. The molecule has 1 N–H and O–H groups in total. The first kappa shape index (κ1) is 21.5. The fourth-order valence-electron chi connectivity index (χ4n) is 3.76. The minimum Gasteiger partial charge on any atom is -0.324 e. The maximum Gasteiger partial charge on any atom is 0.231 e. The summed E-state index contributed by atoms with van der Waals surface area (Å²) < 4.78 is 0. The van der Waals surface area contributed by atoms with Crippen molar-refractivity contribution in [3.8, 4) is 0 Å². The Bertz CT molecular complexity index is 773. The number of hydrogen-bond acceptors (Lipinski definition) is 4. The van der Waals surface area contributed by atoms with Gasteiger partial charge in [-0.2, -0.15) is 9.97 Å². The predicted octanol–water partition coefficient (Wildman–Crippen LogP) is 7.39. The van der Waals surface area contributed by atoms with E-state index in [0.717, 1.165) is 24.4 Å². The van der Waals surface area contributed by atoms with Crippen LogP contribution in [0.5, 0.6) is 0 Å². The van der Waals surface area contributed by atoms with Gasteiger partial charge in [0.25, 0.3) is 0 Å². The molecule has 1 aliphatic rings. The first-order chi connectivity index (χ1) is 14.3. The van der Waals surface area contributed by atoms with Gasteiger partial charge in [-0.1, -0.05) is 93.8 Å². The molecule has 3 rings (SSSR count). The number of anilines is 2. The van der Waals surface area contributed by atoms with E-state index in [9.17, 15) is 0 Å². The van der Waals surface area contributed by atoms with Crippen molar-refractivity contribution in [1.82, 2.24) is 15.0 Å². The van der Waals surface area contributed by atoms with Crippen molar-refractivity contribution >= 4 is 23.2 Å². The summed E-state index contributed by atoms with van der Waals surface area (Å²) in [4.78, 5) is 13.6. The van der Waals surface area contributed by atoms with Crippen molar-refractivity contribution in [3.05, 3.63) is 65.7 Å². The SMILES string of the molecule is Clc1nc(Nc2ccccccccc2)nc(C2CCCCCCCCCC2)n1. The molecule has 0 saturated heterocycles. The molecule has 4 nitrogen and oxygen atoms in total. The quantitative estimate of drug-likeness (QED) is 0.572. The lowest BCUT2D eigenvalue weighted by molar-refractivity contribution is 0.493. The summed E-state index contributed by atoms with van der Waals surface area (Å²) in [6.45, 7) is 0. The van der Waals surface area contributed by atoms with Crippen LogP contribution in [-0.2, 0) is 0 Å². The number of nitrogens with one attached hydrogen (secondary N) is 1. The number of halogens is 1. The lowest BCUT2D eigenvalue weighted by Crippen LogP contribution is -2.09. The van der Waals surface area contributed by atoms with Crippen LogP contribution < -0.4 is 5.32 Å². The summed E-state index contributed by atoms with van der Waals surface area (Å²) in [5.41, 5.74) is 0.900. The monoisotopic (exact) mass is 410 g/mol. The van der Waals surface area contributed by atoms with Crippen LogP contribution in [0.1, 0.15) is 76.0 Å². The summed E-state index contributed by atoms with van der Waals surface area (Å²) >= 11 is 6.28. The maximum absolute atomic E-state index is 6.28. The van der Waals surface area contributed by atoms with Crippen LogP contribution in [-0.4, -0.2) is 15.0 Å². The minimum atomic E-state index is 0.259. The average Bonchev–Trinajstić information content (AvgIpc) is 2.78. The maximum atomic E-state index is 6.28. The van der Waals surface area contributed by atoms with Gasteiger partial charge in [-0.3, -0.25) is 0 Å². The second-order valence-electron chi connectivity index (χ2n) is 7.65. The highest BCUT2D eigenvalue weighted by Crippen LogP contribution is 2.29. The fraction of sp³-hybridized carbons (Fsp3) is 0.458. The Kier molecular flexibility index (Phi) is 9.18. The lowest BCUT2D eigenvalue weighted by Gasteiger charge is -2.16. The van der Waals surface area contributed by atoms with Crippen molar-refractivity contribution in [3.63, 3.8) is 0 Å². The van der Waals surface area contributed by atoms with E-state index in [1.807, 2.05) is 54.6 Å². The van der Waals surface area contributed by atoms with E-state index in [2.05, 4.69) is 15.3 Å². The van der Waals surface area contributed by atoms with Gasteiger partial charge in [0.05, 0.1) is 0 Å². The van der Waals surface area contributed by atoms with Crippen molar-refractivity contribution in [2.45, 2.75) is 70.1 Å². The van der Waals surface area contributed by atoms with Crippen molar-refractivity contribution in [1.29, 1.82) is 0 Å². The third-order valence-electron chi connectivity index (χ3n) is 5.32. The smallest absolute Gasteiger partial charge is 0.231 e. The molecule has 0 amide bonds. The van der Waals surface area contributed by atoms with Crippen LogP contribution in [0.3, 0.4) is 0 Å². The molecule has 1 aromatic carbocycles. The molecule has 154 valence electrons. The Labute approximate surface area is 179 Å². The standard InChI is InChI=1S/C24H31ClN4/c25-23-27-22(20-16-12-8-4-1-2-5-9-13-17-20)28-24(29-23)26-21-18-14-10-6-3-7-11-15-19-21/h3,6-7,10-11,14-15,18-20H,1-2,4-5,8-9,12-13,16-17H2,(H,26,27,28,29). The Morgan fingerprint density at radius 3 is 1.76 bits per heavy atom. The van der Waals surface area contributed by atoms with Gasteiger partial charge in [-0.25, -0.2) is 4.98 Å². The van der Waals surface area contributed by atoms with E-state index >= 15 is 0 Å². The second-order valence-corrected chi connectivity index (χ2v) is 7.99. The Morgan fingerprint density at radius 2 is 1.17 bits per heavy atom. The Hall–Kier alpha value is -2.20. The molecular formula is C24H31ClN4. The molecule has 1 heterocycles. The van der Waals surface area contributed by atoms with Crippen molar-refractivity contribution in [2.24, 2.45) is 0 Å². The molecule has 2 aromatic rings. The molecule has 5 heteroatoms. The number of aromatic nitrogens is 3. The third-order valence-corrected chi connectivity index (χ3v) is 5.49. The van der Waals surface area contributed by atoms with E-state index in [0.29, 0.717) is 11.9 Å². The molecule has 1 fully saturated rings. The van der Waals surface area contributed by atoms with Crippen LogP contribution in [0.2, 0.25) is 5.28 Å². The Morgan fingerprint density at radius 1 is 0.655 bits per heavy atom. The molecule has 0 spiro atoms. The summed E-state index contributed by atoms with van der Waals surface area (Å²) in [5.74, 6) is 1.69. The van der Waals surface area contributed by atoms with E-state index in [-0.39, 0.29) is 5.28 Å². The lowest BCUT2D eigenvalue weighted by atomic mass is 9.94. The van der Waals surface area contributed by atoms with Crippen LogP contribution >= 0.6 is 11.6 Å². The summed E-state index contributed by atoms with van der Waals surface area (Å²) in [7, 11) is 0. The first-order valence-corrected chi connectivity index (χ1v) is 11.3. The molecule has 0 bridgehead atoms. The van der Waals surface area contributed by atoms with Gasteiger partial charge >= 0.3 is 0 Å². The van der Waals surface area contributed by atoms with Gasteiger partial charge in [0, 0.05) is 11.6 Å². The van der Waals surface area contributed by atoms with Gasteiger partial charge < -0.3 is 5.32 Å². The van der Waals surface area contributed by atoms with Gasteiger partial charge in [0.1, 0.15) is 5.82 Å². The molecule has 0 aliphatic heterocycles. The molecule has 0 radical (unpaired) electrons. The number of nitrogens with zero attached hydrogens (tertiary/aromatic N) is 3. The largest absolute Gasteiger partial charge is 0.324 e. The summed E-state index contributed by atoms with van der Waals surface area (Å²) in [6.07, 6.45) is 12.7. The predicted molar refractivity (Wildman–Crippen MR) is 121 cm³/mol. The average molecular weight is 411 g/mol. The first-order valence-electron chi connectivity index (χ1n) is 10.9. The van der Waals surface area contributed by atoms with Gasteiger partial charge in [-0.05, 0) is 36.6 Å². The molecule has 0 unspecified atom stereocenters. The molecule has 1 aliphatic carbocycles. The normalized spacial score (nSPS) is 16.3. The van der Waals surface area contributed by atoms with Crippen LogP contribution in [0, 0.1) is 0 Å². The Balaban J connectivity index is 1.79. The van der Waals surface area contributed by atoms with E-state index < -0.39 is 0 Å².